The highest BCUT2D eigenvalue weighted by atomic mass is 32.2. The molecule has 2 aliphatic heterocycles. The van der Waals surface area contributed by atoms with E-state index >= 15 is 0 Å². The van der Waals surface area contributed by atoms with Crippen LogP contribution in [0.25, 0.3) is 0 Å². The molecule has 0 aromatic heterocycles. The first kappa shape index (κ1) is 17.2. The lowest BCUT2D eigenvalue weighted by atomic mass is 9.97. The Morgan fingerprint density at radius 2 is 2.12 bits per heavy atom. The van der Waals surface area contributed by atoms with E-state index in [2.05, 4.69) is 10.0 Å². The number of carbonyl (C=O) groups excluding carboxylic acids is 2. The van der Waals surface area contributed by atoms with Crippen LogP contribution in [0, 0.1) is 0 Å². The third-order valence-electron chi connectivity index (χ3n) is 4.69. The van der Waals surface area contributed by atoms with E-state index in [1.165, 1.54) is 4.90 Å². The Morgan fingerprint density at radius 1 is 1.29 bits per heavy atom. The maximum Gasteiger partial charge on any atom is 0.242 e. The summed E-state index contributed by atoms with van der Waals surface area (Å²) in [6.07, 6.45) is 9.39. The molecule has 2 saturated heterocycles. The minimum atomic E-state index is -3.62. The van der Waals surface area contributed by atoms with Crippen molar-refractivity contribution >= 4 is 21.8 Å². The summed E-state index contributed by atoms with van der Waals surface area (Å²) >= 11 is 0. The van der Waals surface area contributed by atoms with Crippen LogP contribution in [-0.2, 0) is 19.6 Å². The van der Waals surface area contributed by atoms with E-state index in [0.717, 1.165) is 24.8 Å². The standard InChI is InChI=1S/C16H23N3O4S/c20-15-14-7-4-9-19(14)16(21)13(11-12-5-2-1-3-6-12)18-24(22,23)10-8-17-15/h1-2,5,13-14,18H,3-4,6-11H2,(H,17,20)/t13-,14?/m0/s1. The normalized spacial score (nSPS) is 30.5. The van der Waals surface area contributed by atoms with Gasteiger partial charge < -0.3 is 10.2 Å². The Labute approximate surface area is 142 Å². The van der Waals surface area contributed by atoms with Crippen molar-refractivity contribution in [1.29, 1.82) is 0 Å². The van der Waals surface area contributed by atoms with E-state index in [-0.39, 0.29) is 24.1 Å². The number of rotatable bonds is 2. The summed E-state index contributed by atoms with van der Waals surface area (Å²) in [7, 11) is -3.62. The van der Waals surface area contributed by atoms with E-state index < -0.39 is 22.1 Å². The van der Waals surface area contributed by atoms with E-state index in [1.807, 2.05) is 18.2 Å². The molecule has 8 heteroatoms. The molecule has 0 aromatic carbocycles. The molecule has 3 aliphatic rings. The fraction of sp³-hybridized carbons (Fsp3) is 0.625. The SMILES string of the molecule is O=C1NCCS(=O)(=O)N[C@@H](CC2=CC=CCC2)C(=O)N2CCCC12. The summed E-state index contributed by atoms with van der Waals surface area (Å²) in [6.45, 7) is 0.555. The van der Waals surface area contributed by atoms with Crippen LogP contribution < -0.4 is 10.0 Å². The van der Waals surface area contributed by atoms with E-state index in [0.29, 0.717) is 19.4 Å². The van der Waals surface area contributed by atoms with Crippen molar-refractivity contribution in [3.8, 4) is 0 Å². The first-order chi connectivity index (χ1) is 11.5. The van der Waals surface area contributed by atoms with Gasteiger partial charge in [-0.15, -0.1) is 0 Å². The summed E-state index contributed by atoms with van der Waals surface area (Å²) in [5.74, 6) is -0.765. The summed E-state index contributed by atoms with van der Waals surface area (Å²) < 4.78 is 27.0. The van der Waals surface area contributed by atoms with Crippen molar-refractivity contribution in [2.45, 2.75) is 44.2 Å². The van der Waals surface area contributed by atoms with Crippen molar-refractivity contribution in [3.05, 3.63) is 23.8 Å². The van der Waals surface area contributed by atoms with Gasteiger partial charge in [0.15, 0.2) is 0 Å². The zero-order chi connectivity index (χ0) is 17.2. The minimum absolute atomic E-state index is 0.0604. The van der Waals surface area contributed by atoms with Gasteiger partial charge in [0.25, 0.3) is 0 Å². The molecule has 0 saturated carbocycles. The van der Waals surface area contributed by atoms with Gasteiger partial charge in [0, 0.05) is 13.1 Å². The smallest absolute Gasteiger partial charge is 0.242 e. The molecule has 1 unspecified atom stereocenters. The lowest BCUT2D eigenvalue weighted by Gasteiger charge is -2.30. The van der Waals surface area contributed by atoms with Gasteiger partial charge in [-0.1, -0.05) is 23.8 Å². The number of amides is 2. The van der Waals surface area contributed by atoms with Crippen molar-refractivity contribution in [2.24, 2.45) is 0 Å². The number of fused-ring (bicyclic) bond motifs is 1. The van der Waals surface area contributed by atoms with Crippen LogP contribution in [0.2, 0.25) is 0 Å². The molecule has 0 spiro atoms. The first-order valence-corrected chi connectivity index (χ1v) is 10.0. The quantitative estimate of drug-likeness (QED) is 0.734. The van der Waals surface area contributed by atoms with Crippen LogP contribution in [-0.4, -0.2) is 56.1 Å². The molecule has 0 aromatic rings. The first-order valence-electron chi connectivity index (χ1n) is 8.39. The maximum atomic E-state index is 12.9. The van der Waals surface area contributed by atoms with E-state index in [4.69, 9.17) is 0 Å². The number of nitrogens with one attached hydrogen (secondary N) is 2. The van der Waals surface area contributed by atoms with Crippen molar-refractivity contribution in [2.75, 3.05) is 18.8 Å². The van der Waals surface area contributed by atoms with Crippen LogP contribution in [0.4, 0.5) is 0 Å². The second-order valence-corrected chi connectivity index (χ2v) is 8.34. The second-order valence-electron chi connectivity index (χ2n) is 6.47. The Morgan fingerprint density at radius 3 is 2.88 bits per heavy atom. The van der Waals surface area contributed by atoms with Gasteiger partial charge in [0.05, 0.1) is 5.75 Å². The number of carbonyl (C=O) groups is 2. The summed E-state index contributed by atoms with van der Waals surface area (Å²) in [6, 6.07) is -1.32. The van der Waals surface area contributed by atoms with Gasteiger partial charge in [-0.2, -0.15) is 0 Å². The third kappa shape index (κ3) is 3.87. The van der Waals surface area contributed by atoms with Crippen molar-refractivity contribution < 1.29 is 18.0 Å². The van der Waals surface area contributed by atoms with Crippen molar-refractivity contribution in [3.63, 3.8) is 0 Å². The second kappa shape index (κ2) is 7.06. The highest BCUT2D eigenvalue weighted by Gasteiger charge is 2.39. The topological polar surface area (TPSA) is 95.6 Å². The van der Waals surface area contributed by atoms with E-state index in [1.54, 1.807) is 0 Å². The molecule has 2 heterocycles. The van der Waals surface area contributed by atoms with Crippen LogP contribution in [0.3, 0.4) is 0 Å². The number of hydrogen-bond donors (Lipinski definition) is 2. The van der Waals surface area contributed by atoms with Crippen LogP contribution in [0.5, 0.6) is 0 Å². The predicted octanol–water partition coefficient (Wildman–Crippen LogP) is 0.0617. The Balaban J connectivity index is 1.86. The molecule has 2 atom stereocenters. The van der Waals surface area contributed by atoms with E-state index in [9.17, 15) is 18.0 Å². The van der Waals surface area contributed by atoms with Crippen LogP contribution in [0.15, 0.2) is 23.8 Å². The molecule has 0 bridgehead atoms. The molecular formula is C16H23N3O4S. The molecule has 1 aliphatic carbocycles. The fourth-order valence-electron chi connectivity index (χ4n) is 3.47. The highest BCUT2D eigenvalue weighted by molar-refractivity contribution is 7.89. The highest BCUT2D eigenvalue weighted by Crippen LogP contribution is 2.23. The Bertz CT molecular complexity index is 683. The summed E-state index contributed by atoms with van der Waals surface area (Å²) in [5, 5.41) is 2.62. The molecular weight excluding hydrogens is 330 g/mol. The molecule has 7 nitrogen and oxygen atoms in total. The fourth-order valence-corrected chi connectivity index (χ4v) is 4.58. The number of nitrogens with zero attached hydrogens (tertiary/aromatic N) is 1. The molecule has 24 heavy (non-hydrogen) atoms. The molecule has 132 valence electrons. The predicted molar refractivity (Wildman–Crippen MR) is 89.5 cm³/mol. The Hall–Kier alpha value is -1.67. The largest absolute Gasteiger partial charge is 0.353 e. The lowest BCUT2D eigenvalue weighted by Crippen LogP contribution is -2.56. The summed E-state index contributed by atoms with van der Waals surface area (Å²) in [5.41, 5.74) is 1.05. The Kier molecular flexibility index (Phi) is 5.05. The lowest BCUT2D eigenvalue weighted by molar-refractivity contribution is -0.139. The molecule has 2 fully saturated rings. The summed E-state index contributed by atoms with van der Waals surface area (Å²) in [4.78, 5) is 26.7. The van der Waals surface area contributed by atoms with Gasteiger partial charge in [0.2, 0.25) is 21.8 Å². The van der Waals surface area contributed by atoms with Crippen LogP contribution in [0.1, 0.15) is 32.1 Å². The number of hydrogen-bond acceptors (Lipinski definition) is 4. The zero-order valence-corrected chi connectivity index (χ0v) is 14.3. The van der Waals surface area contributed by atoms with Crippen molar-refractivity contribution in [1.82, 2.24) is 14.9 Å². The van der Waals surface area contributed by atoms with Gasteiger partial charge in [-0.3, -0.25) is 9.59 Å². The monoisotopic (exact) mass is 353 g/mol. The average molecular weight is 353 g/mol. The number of allylic oxidation sites excluding steroid dienone is 3. The van der Waals surface area contributed by atoms with Gasteiger partial charge in [0.1, 0.15) is 12.1 Å². The number of sulfonamides is 1. The molecule has 2 amide bonds. The average Bonchev–Trinajstić information content (AvgIpc) is 3.03. The molecule has 2 N–H and O–H groups in total. The maximum absolute atomic E-state index is 12.9. The third-order valence-corrected chi connectivity index (χ3v) is 6.08. The zero-order valence-electron chi connectivity index (χ0n) is 13.5. The van der Waals surface area contributed by atoms with Gasteiger partial charge >= 0.3 is 0 Å². The minimum Gasteiger partial charge on any atom is -0.353 e. The van der Waals surface area contributed by atoms with Gasteiger partial charge in [-0.25, -0.2) is 13.1 Å². The van der Waals surface area contributed by atoms with Gasteiger partial charge in [-0.05, 0) is 32.1 Å². The molecule has 0 radical (unpaired) electrons. The van der Waals surface area contributed by atoms with Crippen LogP contribution >= 0.6 is 0 Å². The molecule has 3 rings (SSSR count).